The van der Waals surface area contributed by atoms with Gasteiger partial charge < -0.3 is 21.1 Å². The van der Waals surface area contributed by atoms with Gasteiger partial charge in [0.2, 0.25) is 5.91 Å². The van der Waals surface area contributed by atoms with Crippen molar-refractivity contribution in [1.29, 1.82) is 0 Å². The van der Waals surface area contributed by atoms with E-state index in [2.05, 4.69) is 27.8 Å². The van der Waals surface area contributed by atoms with Crippen LogP contribution in [0.5, 0.6) is 0 Å². The van der Waals surface area contributed by atoms with Crippen molar-refractivity contribution in [2.75, 3.05) is 11.9 Å². The average Bonchev–Trinajstić information content (AvgIpc) is 3.65. The van der Waals surface area contributed by atoms with Crippen LogP contribution >= 0.6 is 0 Å². The van der Waals surface area contributed by atoms with Crippen molar-refractivity contribution < 1.29 is 24.7 Å². The highest BCUT2D eigenvalue weighted by atomic mass is 16.5. The lowest BCUT2D eigenvalue weighted by molar-refractivity contribution is -0.133. The third kappa shape index (κ3) is 7.43. The molecule has 1 saturated carbocycles. The summed E-state index contributed by atoms with van der Waals surface area (Å²) < 4.78 is 0. The van der Waals surface area contributed by atoms with E-state index >= 15 is 0 Å². The molecule has 3 rings (SSSR count). The topological polar surface area (TPSA) is 140 Å². The molecule has 0 radical (unpaired) electrons. The van der Waals surface area contributed by atoms with Crippen molar-refractivity contribution in [3.63, 3.8) is 0 Å². The summed E-state index contributed by atoms with van der Waals surface area (Å²) in [6, 6.07) is 12.8. The number of anilines is 1. The Morgan fingerprint density at radius 1 is 1.00 bits per heavy atom. The van der Waals surface area contributed by atoms with Crippen molar-refractivity contribution in [1.82, 2.24) is 16.1 Å². The quantitative estimate of drug-likeness (QED) is 0.199. The summed E-state index contributed by atoms with van der Waals surface area (Å²) in [5.74, 6) is 4.44. The third-order valence-electron chi connectivity index (χ3n) is 4.96. The van der Waals surface area contributed by atoms with Crippen LogP contribution in [0.2, 0.25) is 0 Å². The smallest absolute Gasteiger partial charge is 0.268 e. The van der Waals surface area contributed by atoms with E-state index in [4.69, 9.17) is 5.21 Å². The van der Waals surface area contributed by atoms with Crippen molar-refractivity contribution in [3.8, 4) is 11.8 Å². The minimum atomic E-state index is -1.29. The van der Waals surface area contributed by atoms with Crippen LogP contribution < -0.4 is 21.4 Å². The Kier molecular flexibility index (Phi) is 8.16. The van der Waals surface area contributed by atoms with Crippen molar-refractivity contribution in [2.24, 2.45) is 0 Å². The molecule has 1 fully saturated rings. The molecule has 33 heavy (non-hydrogen) atoms. The van der Waals surface area contributed by atoms with Crippen LogP contribution in [0.4, 0.5) is 5.69 Å². The lowest BCUT2D eigenvalue weighted by atomic mass is 10.1. The van der Waals surface area contributed by atoms with Gasteiger partial charge in [0.05, 0.1) is 12.6 Å². The van der Waals surface area contributed by atoms with Crippen LogP contribution in [-0.2, 0) is 9.59 Å². The first-order chi connectivity index (χ1) is 15.9. The molecule has 2 aromatic carbocycles. The summed E-state index contributed by atoms with van der Waals surface area (Å²) >= 11 is 0. The number of carbonyl (C=O) groups is 3. The molecule has 9 nitrogen and oxygen atoms in total. The van der Waals surface area contributed by atoms with E-state index in [0.29, 0.717) is 23.8 Å². The van der Waals surface area contributed by atoms with Gasteiger partial charge in [0.15, 0.2) is 0 Å². The highest BCUT2D eigenvalue weighted by Crippen LogP contribution is 2.18. The summed E-state index contributed by atoms with van der Waals surface area (Å²) in [5.41, 5.74) is 3.82. The Bertz CT molecular complexity index is 1050. The standard InChI is InChI=1S/C24H26N4O5/c1-15(29)22(24(32)28-33)27-23(31)18-8-4-16(5-9-18)2-3-17-6-10-20(11-7-17)26-21(30)14-25-19-12-13-19/h4-11,15,19,22,25,29,33H,12-14H2,1H3,(H,26,30)(H,27,31)(H,28,32). The zero-order valence-corrected chi connectivity index (χ0v) is 18.1. The fourth-order valence-corrected chi connectivity index (χ4v) is 2.92. The number of aliphatic hydroxyl groups is 1. The van der Waals surface area contributed by atoms with Gasteiger partial charge in [-0.1, -0.05) is 11.8 Å². The third-order valence-corrected chi connectivity index (χ3v) is 4.96. The molecule has 0 heterocycles. The van der Waals surface area contributed by atoms with Gasteiger partial charge in [-0.25, -0.2) is 5.48 Å². The van der Waals surface area contributed by atoms with E-state index < -0.39 is 24.0 Å². The number of amides is 3. The molecule has 172 valence electrons. The number of benzene rings is 2. The number of aliphatic hydroxyl groups excluding tert-OH is 1. The molecule has 0 spiro atoms. The van der Waals surface area contributed by atoms with Gasteiger partial charge in [0.1, 0.15) is 6.04 Å². The number of carbonyl (C=O) groups excluding carboxylic acids is 3. The fourth-order valence-electron chi connectivity index (χ4n) is 2.92. The number of rotatable bonds is 8. The zero-order valence-electron chi connectivity index (χ0n) is 18.1. The van der Waals surface area contributed by atoms with Crippen LogP contribution in [-0.4, -0.2) is 52.8 Å². The van der Waals surface area contributed by atoms with Crippen LogP contribution in [0.15, 0.2) is 48.5 Å². The van der Waals surface area contributed by atoms with Gasteiger partial charge in [0, 0.05) is 28.4 Å². The molecule has 2 aromatic rings. The summed E-state index contributed by atoms with van der Waals surface area (Å²) in [6.45, 7) is 1.63. The zero-order chi connectivity index (χ0) is 23.8. The van der Waals surface area contributed by atoms with E-state index in [-0.39, 0.29) is 11.5 Å². The van der Waals surface area contributed by atoms with Crippen LogP contribution in [0.25, 0.3) is 0 Å². The summed E-state index contributed by atoms with van der Waals surface area (Å²) in [4.78, 5) is 35.7. The van der Waals surface area contributed by atoms with Gasteiger partial charge in [-0.15, -0.1) is 0 Å². The molecule has 2 unspecified atom stereocenters. The first-order valence-corrected chi connectivity index (χ1v) is 10.5. The van der Waals surface area contributed by atoms with E-state index in [1.54, 1.807) is 48.5 Å². The Morgan fingerprint density at radius 3 is 2.09 bits per heavy atom. The molecule has 0 aromatic heterocycles. The second-order valence-corrected chi connectivity index (χ2v) is 7.78. The van der Waals surface area contributed by atoms with Crippen LogP contribution in [0.3, 0.4) is 0 Å². The number of hydrogen-bond acceptors (Lipinski definition) is 6. The Balaban J connectivity index is 1.55. The monoisotopic (exact) mass is 450 g/mol. The molecule has 2 atom stereocenters. The molecule has 3 amide bonds. The maximum Gasteiger partial charge on any atom is 0.268 e. The Labute approximate surface area is 191 Å². The molecule has 9 heteroatoms. The fraction of sp³-hybridized carbons (Fsp3) is 0.292. The van der Waals surface area contributed by atoms with Crippen molar-refractivity contribution in [2.45, 2.75) is 38.0 Å². The average molecular weight is 450 g/mol. The van der Waals surface area contributed by atoms with Gasteiger partial charge in [0.25, 0.3) is 11.8 Å². The van der Waals surface area contributed by atoms with Gasteiger partial charge in [-0.05, 0) is 68.3 Å². The van der Waals surface area contributed by atoms with Gasteiger partial charge >= 0.3 is 0 Å². The van der Waals surface area contributed by atoms with Gasteiger partial charge in [-0.2, -0.15) is 0 Å². The largest absolute Gasteiger partial charge is 0.391 e. The highest BCUT2D eigenvalue weighted by Gasteiger charge is 2.25. The molecule has 0 aliphatic heterocycles. The van der Waals surface area contributed by atoms with Crippen molar-refractivity contribution in [3.05, 3.63) is 65.2 Å². The van der Waals surface area contributed by atoms with E-state index in [1.807, 2.05) is 0 Å². The maximum atomic E-state index is 12.3. The lowest BCUT2D eigenvalue weighted by Gasteiger charge is -2.19. The Hall–Kier alpha value is -3.71. The van der Waals surface area contributed by atoms with Crippen molar-refractivity contribution >= 4 is 23.4 Å². The predicted octanol–water partition coefficient (Wildman–Crippen LogP) is 0.762. The van der Waals surface area contributed by atoms with E-state index in [9.17, 15) is 19.5 Å². The molecular weight excluding hydrogens is 424 g/mol. The number of hydroxylamine groups is 1. The van der Waals surface area contributed by atoms with E-state index in [1.165, 1.54) is 12.4 Å². The number of nitrogens with one attached hydrogen (secondary N) is 4. The molecule has 1 aliphatic rings. The molecular formula is C24H26N4O5. The first kappa shape index (κ1) is 23.9. The molecule has 6 N–H and O–H groups in total. The first-order valence-electron chi connectivity index (χ1n) is 10.5. The second kappa shape index (κ2) is 11.2. The minimum Gasteiger partial charge on any atom is -0.391 e. The molecule has 1 aliphatic carbocycles. The normalized spacial score (nSPS) is 14.3. The SMILES string of the molecule is CC(O)C(NC(=O)c1ccc(C#Cc2ccc(NC(=O)CNC3CC3)cc2)cc1)C(=O)NO. The number of hydrogen-bond donors (Lipinski definition) is 6. The van der Waals surface area contributed by atoms with Crippen LogP contribution in [0, 0.1) is 11.8 Å². The summed E-state index contributed by atoms with van der Waals surface area (Å²) in [6.07, 6.45) is 1.07. The summed E-state index contributed by atoms with van der Waals surface area (Å²) in [7, 11) is 0. The lowest BCUT2D eigenvalue weighted by Crippen LogP contribution is -2.51. The highest BCUT2D eigenvalue weighted by molar-refractivity contribution is 5.97. The minimum absolute atomic E-state index is 0.0818. The molecule has 0 bridgehead atoms. The van der Waals surface area contributed by atoms with Gasteiger partial charge in [-0.3, -0.25) is 19.6 Å². The summed E-state index contributed by atoms with van der Waals surface area (Å²) in [5, 5.41) is 26.7. The van der Waals surface area contributed by atoms with E-state index in [0.717, 1.165) is 18.4 Å². The predicted molar refractivity (Wildman–Crippen MR) is 121 cm³/mol. The second-order valence-electron chi connectivity index (χ2n) is 7.78. The van der Waals surface area contributed by atoms with Crippen LogP contribution in [0.1, 0.15) is 41.3 Å². The Morgan fingerprint density at radius 2 is 1.58 bits per heavy atom. The molecule has 0 saturated heterocycles. The maximum absolute atomic E-state index is 12.3.